The predicted molar refractivity (Wildman–Crippen MR) is 194 cm³/mol. The van der Waals surface area contributed by atoms with Crippen molar-refractivity contribution in [2.24, 2.45) is 34.5 Å². The first-order chi connectivity index (χ1) is 23.6. The van der Waals surface area contributed by atoms with Gasteiger partial charge in [0.25, 0.3) is 0 Å². The van der Waals surface area contributed by atoms with Crippen LogP contribution in [0.15, 0.2) is 36.4 Å². The maximum atomic E-state index is 11.2. The summed E-state index contributed by atoms with van der Waals surface area (Å²) in [6.07, 6.45) is 24.0. The second kappa shape index (κ2) is 12.4. The average Bonchev–Trinajstić information content (AvgIpc) is 3.56. The van der Waals surface area contributed by atoms with Gasteiger partial charge in [0.05, 0.1) is 0 Å². The number of terminal acetylenes is 2. The molecule has 2 aromatic rings. The topological polar surface area (TPSA) is 71.0 Å². The van der Waals surface area contributed by atoms with Gasteiger partial charge in [0.15, 0.2) is 0 Å². The van der Waals surface area contributed by atoms with Crippen LogP contribution in [0.25, 0.3) is 0 Å². The molecule has 0 heterocycles. The van der Waals surface area contributed by atoms with Crippen LogP contribution in [0.4, 0.5) is 0 Å². The molecule has 5 nitrogen and oxygen atoms in total. The molecule has 49 heavy (non-hydrogen) atoms. The zero-order chi connectivity index (χ0) is 34.0. The molecule has 0 aliphatic heterocycles. The minimum atomic E-state index is -0.944. The summed E-state index contributed by atoms with van der Waals surface area (Å²) < 4.78 is 12.3. The van der Waals surface area contributed by atoms with Crippen molar-refractivity contribution in [3.63, 3.8) is 0 Å². The Morgan fingerprint density at radius 1 is 0.673 bits per heavy atom. The van der Waals surface area contributed by atoms with Crippen molar-refractivity contribution in [1.82, 2.24) is 5.32 Å². The van der Waals surface area contributed by atoms with Gasteiger partial charge < -0.3 is 25.0 Å². The van der Waals surface area contributed by atoms with Gasteiger partial charge in [0, 0.05) is 23.9 Å². The number of ether oxygens (including phenoxy) is 2. The number of rotatable bonds is 8. The third-order valence-electron chi connectivity index (χ3n) is 15.3. The molecule has 6 aliphatic rings. The van der Waals surface area contributed by atoms with Crippen molar-refractivity contribution >= 4 is 0 Å². The van der Waals surface area contributed by atoms with Gasteiger partial charge in [-0.25, -0.2) is 0 Å². The Bertz CT molecular complexity index is 1550. The molecule has 0 aromatic heterocycles. The predicted octanol–water partition coefficient (Wildman–Crippen LogP) is 7.17. The average molecular weight is 662 g/mol. The van der Waals surface area contributed by atoms with Gasteiger partial charge in [-0.05, 0) is 159 Å². The van der Waals surface area contributed by atoms with Crippen LogP contribution in [0.2, 0.25) is 0 Å². The summed E-state index contributed by atoms with van der Waals surface area (Å²) in [6.45, 7) is 7.28. The second-order valence-corrected chi connectivity index (χ2v) is 17.0. The van der Waals surface area contributed by atoms with Crippen LogP contribution in [0, 0.1) is 59.2 Å². The van der Waals surface area contributed by atoms with Crippen molar-refractivity contribution in [3.8, 4) is 36.2 Å². The van der Waals surface area contributed by atoms with Gasteiger partial charge in [0.2, 0.25) is 0 Å². The number of nitrogens with one attached hydrogen (secondary N) is 1. The van der Waals surface area contributed by atoms with Crippen LogP contribution >= 0.6 is 0 Å². The molecule has 0 radical (unpaired) electrons. The van der Waals surface area contributed by atoms with E-state index in [1.54, 1.807) is 0 Å². The van der Waals surface area contributed by atoms with Crippen molar-refractivity contribution in [2.45, 2.75) is 114 Å². The fourth-order valence-electron chi connectivity index (χ4n) is 12.4. The molecule has 10 unspecified atom stereocenters. The second-order valence-electron chi connectivity index (χ2n) is 17.0. The van der Waals surface area contributed by atoms with E-state index in [1.807, 2.05) is 0 Å². The van der Waals surface area contributed by atoms with Gasteiger partial charge in [-0.2, -0.15) is 0 Å². The maximum Gasteiger partial charge on any atom is 0.130 e. The van der Waals surface area contributed by atoms with E-state index in [-0.39, 0.29) is 10.8 Å². The van der Waals surface area contributed by atoms with E-state index in [9.17, 15) is 10.2 Å². The Kier molecular flexibility index (Phi) is 8.38. The van der Waals surface area contributed by atoms with Crippen LogP contribution in [-0.4, -0.2) is 47.7 Å². The lowest BCUT2D eigenvalue weighted by Gasteiger charge is -2.52. The van der Waals surface area contributed by atoms with Crippen molar-refractivity contribution in [2.75, 3.05) is 26.3 Å². The Hall–Kier alpha value is -2.96. The van der Waals surface area contributed by atoms with E-state index in [2.05, 4.69) is 67.4 Å². The summed E-state index contributed by atoms with van der Waals surface area (Å²) in [4.78, 5) is 0. The first kappa shape index (κ1) is 33.2. The Morgan fingerprint density at radius 2 is 1.12 bits per heavy atom. The van der Waals surface area contributed by atoms with Gasteiger partial charge in [-0.15, -0.1) is 12.8 Å². The molecule has 8 rings (SSSR count). The molecule has 2 aromatic carbocycles. The van der Waals surface area contributed by atoms with E-state index in [0.717, 1.165) is 88.8 Å². The summed E-state index contributed by atoms with van der Waals surface area (Å²) in [6, 6.07) is 13.5. The summed E-state index contributed by atoms with van der Waals surface area (Å²) in [5.74, 6) is 10.9. The minimum absolute atomic E-state index is 0.153. The molecule has 3 N–H and O–H groups in total. The first-order valence-electron chi connectivity index (χ1n) is 19.3. The summed E-state index contributed by atoms with van der Waals surface area (Å²) >= 11 is 0. The van der Waals surface area contributed by atoms with E-state index in [4.69, 9.17) is 22.3 Å². The van der Waals surface area contributed by atoms with E-state index in [1.165, 1.54) is 35.1 Å². The van der Waals surface area contributed by atoms with Crippen LogP contribution < -0.4 is 14.8 Å². The van der Waals surface area contributed by atoms with Crippen LogP contribution in [-0.2, 0) is 12.8 Å². The molecule has 0 amide bonds. The molecule has 0 bridgehead atoms. The van der Waals surface area contributed by atoms with Gasteiger partial charge in [0.1, 0.15) is 35.9 Å². The Balaban J connectivity index is 0.786. The first-order valence-corrected chi connectivity index (χ1v) is 19.3. The Morgan fingerprint density at radius 3 is 1.55 bits per heavy atom. The van der Waals surface area contributed by atoms with Gasteiger partial charge in [-0.3, -0.25) is 0 Å². The summed E-state index contributed by atoms with van der Waals surface area (Å²) in [5.41, 5.74) is 3.66. The van der Waals surface area contributed by atoms with E-state index in [0.29, 0.717) is 48.7 Å². The highest BCUT2D eigenvalue weighted by Crippen LogP contribution is 2.65. The van der Waals surface area contributed by atoms with Crippen LogP contribution in [0.3, 0.4) is 0 Å². The quantitative estimate of drug-likeness (QED) is 0.207. The van der Waals surface area contributed by atoms with E-state index >= 15 is 0 Å². The summed E-state index contributed by atoms with van der Waals surface area (Å²) in [5, 5.41) is 25.9. The van der Waals surface area contributed by atoms with Crippen LogP contribution in [0.5, 0.6) is 11.5 Å². The molecule has 4 saturated carbocycles. The van der Waals surface area contributed by atoms with Crippen LogP contribution in [0.1, 0.15) is 112 Å². The maximum absolute atomic E-state index is 11.2. The normalized spacial score (nSPS) is 40.0. The number of fused-ring (bicyclic) bond motifs is 10. The summed E-state index contributed by atoms with van der Waals surface area (Å²) in [7, 11) is 0. The fourth-order valence-corrected chi connectivity index (χ4v) is 12.4. The zero-order valence-corrected chi connectivity index (χ0v) is 29.6. The zero-order valence-electron chi connectivity index (χ0n) is 29.6. The van der Waals surface area contributed by atoms with Crippen molar-refractivity contribution in [1.29, 1.82) is 0 Å². The van der Waals surface area contributed by atoms with E-state index < -0.39 is 11.2 Å². The van der Waals surface area contributed by atoms with Crippen molar-refractivity contribution in [3.05, 3.63) is 58.7 Å². The lowest BCUT2D eigenvalue weighted by Crippen LogP contribution is -2.50. The molecule has 4 fully saturated rings. The number of hydrogen-bond donors (Lipinski definition) is 3. The molecule has 0 spiro atoms. The largest absolute Gasteiger partial charge is 0.492 e. The van der Waals surface area contributed by atoms with Gasteiger partial charge in [-0.1, -0.05) is 37.8 Å². The molecular formula is C44H55NO4. The SMILES string of the molecule is C#CC1(O)CCC2C3CCc4cc(OCCNCCOc5ccc6c(c5)CCC5C6CCC6(C)C5CCC6(O)C#C)ccc4C3CCC21C. The molecular weight excluding hydrogens is 606 g/mol. The number of benzene rings is 2. The third-order valence-corrected chi connectivity index (χ3v) is 15.3. The third kappa shape index (κ3) is 5.17. The number of aryl methyl sites for hydroxylation is 2. The lowest BCUT2D eigenvalue weighted by molar-refractivity contribution is -0.0647. The molecule has 5 heteroatoms. The number of aliphatic hydroxyl groups is 2. The van der Waals surface area contributed by atoms with Crippen molar-refractivity contribution < 1.29 is 19.7 Å². The lowest BCUT2D eigenvalue weighted by atomic mass is 9.53. The molecule has 10 atom stereocenters. The monoisotopic (exact) mass is 661 g/mol. The fraction of sp³-hybridized carbons (Fsp3) is 0.636. The van der Waals surface area contributed by atoms with Gasteiger partial charge >= 0.3 is 0 Å². The smallest absolute Gasteiger partial charge is 0.130 e. The molecule has 0 saturated heterocycles. The Labute approximate surface area is 293 Å². The molecule has 260 valence electrons. The highest BCUT2D eigenvalue weighted by molar-refractivity contribution is 5.43. The standard InChI is InChI=1S/C44H55NO4/c1-5-43(46)21-17-39-37-11-7-29-27-31(9-13-33(29)35(37)15-19-41(39,43)3)48-25-23-45-24-26-49-32-10-14-34-30(28-32)8-12-38-36(34)16-20-42(4)40(38)18-22-44(42,47)6-2/h1-2,9-10,13-14,27-28,35-40,45-47H,7-8,11-12,15-26H2,3-4H3. The minimum Gasteiger partial charge on any atom is -0.492 e. The highest BCUT2D eigenvalue weighted by Gasteiger charge is 2.62. The molecule has 6 aliphatic carbocycles. The highest BCUT2D eigenvalue weighted by atomic mass is 16.5. The number of hydrogen-bond acceptors (Lipinski definition) is 5.